The number of hydrogen-bond donors (Lipinski definition) is 2. The van der Waals surface area contributed by atoms with E-state index in [0.717, 1.165) is 25.0 Å². The molecule has 0 fully saturated rings. The van der Waals surface area contributed by atoms with Crippen LogP contribution in [0.15, 0.2) is 29.6 Å². The lowest BCUT2D eigenvalue weighted by Gasteiger charge is -2.17. The topological polar surface area (TPSA) is 32.3 Å². The third-order valence-corrected chi connectivity index (χ3v) is 4.08. The molecular formula is C15H17F2NOS. The minimum atomic E-state index is -0.926. The van der Waals surface area contributed by atoms with Gasteiger partial charge in [-0.2, -0.15) is 0 Å². The second-order valence-corrected chi connectivity index (χ2v) is 5.62. The van der Waals surface area contributed by atoms with Gasteiger partial charge in [-0.05, 0) is 35.6 Å². The van der Waals surface area contributed by atoms with Crippen molar-refractivity contribution in [3.05, 3.63) is 51.7 Å². The number of aromatic hydroxyl groups is 1. The number of benzene rings is 1. The van der Waals surface area contributed by atoms with Crippen molar-refractivity contribution >= 4 is 11.3 Å². The van der Waals surface area contributed by atoms with Crippen molar-refractivity contribution in [2.24, 2.45) is 0 Å². The summed E-state index contributed by atoms with van der Waals surface area (Å²) in [6.07, 6.45) is 1.98. The van der Waals surface area contributed by atoms with Crippen molar-refractivity contribution in [2.45, 2.75) is 32.4 Å². The first-order chi connectivity index (χ1) is 9.61. The van der Waals surface area contributed by atoms with Gasteiger partial charge in [0.2, 0.25) is 0 Å². The van der Waals surface area contributed by atoms with Crippen LogP contribution in [0.3, 0.4) is 0 Å². The zero-order chi connectivity index (χ0) is 14.5. The zero-order valence-electron chi connectivity index (χ0n) is 11.2. The first-order valence-corrected chi connectivity index (χ1v) is 7.43. The minimum absolute atomic E-state index is 0.180. The van der Waals surface area contributed by atoms with Gasteiger partial charge in [0.1, 0.15) is 0 Å². The first kappa shape index (κ1) is 14.9. The predicted octanol–water partition coefficient (Wildman–Crippen LogP) is 4.36. The van der Waals surface area contributed by atoms with Gasteiger partial charge in [-0.25, -0.2) is 8.78 Å². The summed E-state index contributed by atoms with van der Waals surface area (Å²) in [4.78, 5) is 1.21. The fraction of sp³-hybridized carbons (Fsp3) is 0.333. The molecule has 1 unspecified atom stereocenters. The smallest absolute Gasteiger partial charge is 0.187 e. The molecule has 2 N–H and O–H groups in total. The van der Waals surface area contributed by atoms with Crippen molar-refractivity contribution < 1.29 is 13.9 Å². The third-order valence-electron chi connectivity index (χ3n) is 3.09. The Bertz CT molecular complexity index is 534. The average Bonchev–Trinajstić information content (AvgIpc) is 2.94. The highest BCUT2D eigenvalue weighted by molar-refractivity contribution is 7.10. The van der Waals surface area contributed by atoms with Crippen LogP contribution in [0.5, 0.6) is 5.75 Å². The van der Waals surface area contributed by atoms with Crippen LogP contribution in [0.2, 0.25) is 0 Å². The molecule has 0 saturated carbocycles. The highest BCUT2D eigenvalue weighted by Crippen LogP contribution is 2.25. The molecule has 5 heteroatoms. The maximum atomic E-state index is 13.3. The monoisotopic (exact) mass is 297 g/mol. The van der Waals surface area contributed by atoms with Gasteiger partial charge >= 0.3 is 0 Å². The van der Waals surface area contributed by atoms with E-state index < -0.39 is 17.4 Å². The molecule has 0 aliphatic carbocycles. The predicted molar refractivity (Wildman–Crippen MR) is 76.8 cm³/mol. The number of hydrogen-bond acceptors (Lipinski definition) is 3. The molecule has 2 nitrogen and oxygen atoms in total. The molecule has 1 aromatic heterocycles. The summed E-state index contributed by atoms with van der Waals surface area (Å²) in [5, 5.41) is 14.4. The maximum absolute atomic E-state index is 13.3. The summed E-state index contributed by atoms with van der Waals surface area (Å²) in [6, 6.07) is 6.53. The summed E-state index contributed by atoms with van der Waals surface area (Å²) < 4.78 is 26.5. The van der Waals surface area contributed by atoms with Crippen molar-refractivity contribution in [3.63, 3.8) is 0 Å². The van der Waals surface area contributed by atoms with Gasteiger partial charge in [-0.3, -0.25) is 0 Å². The Morgan fingerprint density at radius 3 is 2.55 bits per heavy atom. The molecule has 108 valence electrons. The number of thiophene rings is 1. The quantitative estimate of drug-likeness (QED) is 0.830. The van der Waals surface area contributed by atoms with Gasteiger partial charge in [0, 0.05) is 17.5 Å². The molecule has 0 spiro atoms. The van der Waals surface area contributed by atoms with Crippen molar-refractivity contribution in [2.75, 3.05) is 0 Å². The van der Waals surface area contributed by atoms with Gasteiger partial charge in [0.25, 0.3) is 0 Å². The van der Waals surface area contributed by atoms with Crippen LogP contribution < -0.4 is 5.32 Å². The Morgan fingerprint density at radius 2 is 2.00 bits per heavy atom. The molecule has 1 aromatic carbocycles. The number of rotatable bonds is 6. The number of phenols is 1. The normalized spacial score (nSPS) is 12.6. The van der Waals surface area contributed by atoms with E-state index in [4.69, 9.17) is 5.11 Å². The van der Waals surface area contributed by atoms with E-state index in [1.165, 1.54) is 4.88 Å². The Labute approximate surface area is 121 Å². The van der Waals surface area contributed by atoms with Gasteiger partial charge in [0.15, 0.2) is 17.4 Å². The summed E-state index contributed by atoms with van der Waals surface area (Å²) in [7, 11) is 0. The van der Waals surface area contributed by atoms with E-state index in [9.17, 15) is 8.78 Å². The lowest BCUT2D eigenvalue weighted by atomic mass is 10.1. The molecule has 0 aliphatic heterocycles. The van der Waals surface area contributed by atoms with Gasteiger partial charge in [-0.15, -0.1) is 11.3 Å². The lowest BCUT2D eigenvalue weighted by molar-refractivity contribution is 0.394. The van der Waals surface area contributed by atoms with Crippen LogP contribution in [0.1, 0.15) is 36.2 Å². The van der Waals surface area contributed by atoms with E-state index in [2.05, 4.69) is 18.3 Å². The van der Waals surface area contributed by atoms with E-state index in [1.807, 2.05) is 11.4 Å². The lowest BCUT2D eigenvalue weighted by Crippen LogP contribution is -2.20. The number of nitrogens with one attached hydrogen (secondary N) is 1. The maximum Gasteiger partial charge on any atom is 0.187 e. The molecule has 0 amide bonds. The fourth-order valence-electron chi connectivity index (χ4n) is 2.08. The Kier molecular flexibility index (Phi) is 5.09. The Morgan fingerprint density at radius 1 is 1.30 bits per heavy atom. The third kappa shape index (κ3) is 3.55. The summed E-state index contributed by atoms with van der Waals surface area (Å²) >= 11 is 1.66. The molecule has 1 heterocycles. The SMILES string of the molecule is CCCC(NCc1cc(F)c(O)c(F)c1)c1cccs1. The van der Waals surface area contributed by atoms with Crippen LogP contribution in [0.25, 0.3) is 0 Å². The van der Waals surface area contributed by atoms with Gasteiger partial charge in [0.05, 0.1) is 0 Å². The molecule has 1 atom stereocenters. The Hall–Kier alpha value is -1.46. The van der Waals surface area contributed by atoms with Crippen LogP contribution in [0.4, 0.5) is 8.78 Å². The number of phenolic OH excluding ortho intramolecular Hbond substituents is 1. The van der Waals surface area contributed by atoms with Crippen LogP contribution in [-0.4, -0.2) is 5.11 Å². The highest BCUT2D eigenvalue weighted by atomic mass is 32.1. The second-order valence-electron chi connectivity index (χ2n) is 4.65. The van der Waals surface area contributed by atoms with Crippen molar-refractivity contribution in [1.82, 2.24) is 5.32 Å². The van der Waals surface area contributed by atoms with Crippen molar-refractivity contribution in [3.8, 4) is 5.75 Å². The molecule has 2 aromatic rings. The second kappa shape index (κ2) is 6.81. The largest absolute Gasteiger partial charge is 0.503 e. The van der Waals surface area contributed by atoms with Gasteiger partial charge in [-0.1, -0.05) is 19.4 Å². The standard InChI is InChI=1S/C15H17F2NOS/c1-2-4-13(14-5-3-6-20-14)18-9-10-7-11(16)15(19)12(17)8-10/h3,5-8,13,18-19H,2,4,9H2,1H3. The van der Waals surface area contributed by atoms with Crippen LogP contribution >= 0.6 is 11.3 Å². The first-order valence-electron chi connectivity index (χ1n) is 6.55. The highest BCUT2D eigenvalue weighted by Gasteiger charge is 2.13. The van der Waals surface area contributed by atoms with E-state index in [0.29, 0.717) is 12.1 Å². The molecule has 20 heavy (non-hydrogen) atoms. The summed E-state index contributed by atoms with van der Waals surface area (Å²) in [5.74, 6) is -2.77. The van der Waals surface area contributed by atoms with E-state index >= 15 is 0 Å². The molecule has 2 rings (SSSR count). The molecule has 0 saturated heterocycles. The summed E-state index contributed by atoms with van der Waals surface area (Å²) in [5.41, 5.74) is 0.482. The van der Waals surface area contributed by atoms with Gasteiger partial charge < -0.3 is 10.4 Å². The molecule has 0 radical (unpaired) electrons. The minimum Gasteiger partial charge on any atom is -0.503 e. The fourth-order valence-corrected chi connectivity index (χ4v) is 2.92. The molecular weight excluding hydrogens is 280 g/mol. The zero-order valence-corrected chi connectivity index (χ0v) is 12.0. The number of halogens is 2. The van der Waals surface area contributed by atoms with Crippen LogP contribution in [-0.2, 0) is 6.54 Å². The Balaban J connectivity index is 2.06. The molecule has 0 bridgehead atoms. The van der Waals surface area contributed by atoms with E-state index in [-0.39, 0.29) is 6.04 Å². The van der Waals surface area contributed by atoms with E-state index in [1.54, 1.807) is 11.3 Å². The summed E-state index contributed by atoms with van der Waals surface area (Å²) in [6.45, 7) is 2.46. The van der Waals surface area contributed by atoms with Crippen LogP contribution in [0, 0.1) is 11.6 Å². The molecule has 0 aliphatic rings. The average molecular weight is 297 g/mol. The van der Waals surface area contributed by atoms with Crippen molar-refractivity contribution in [1.29, 1.82) is 0 Å².